The fourth-order valence-electron chi connectivity index (χ4n) is 4.35. The first-order chi connectivity index (χ1) is 21.1. The summed E-state index contributed by atoms with van der Waals surface area (Å²) < 4.78 is 132. The molecular weight excluding hydrogens is 711 g/mol. The van der Waals surface area contributed by atoms with E-state index in [1.54, 1.807) is 0 Å². The first-order valence-electron chi connectivity index (χ1n) is 12.3. The van der Waals surface area contributed by atoms with E-state index in [2.05, 4.69) is 5.32 Å². The number of rotatable bonds is 7. The van der Waals surface area contributed by atoms with Gasteiger partial charge in [0.15, 0.2) is 5.82 Å². The molecule has 46 heavy (non-hydrogen) atoms. The summed E-state index contributed by atoms with van der Waals surface area (Å²) >= 11 is 18.3. The van der Waals surface area contributed by atoms with Crippen molar-refractivity contribution in [2.24, 2.45) is 5.92 Å². The summed E-state index contributed by atoms with van der Waals surface area (Å²) in [5.74, 6) is -10.4. The summed E-state index contributed by atoms with van der Waals surface area (Å²) in [6.45, 7) is 0. The average Bonchev–Trinajstić information content (AvgIpc) is 3.53. The highest BCUT2D eigenvalue weighted by atomic mass is 35.5. The van der Waals surface area contributed by atoms with Crippen molar-refractivity contribution in [1.82, 2.24) is 0 Å². The minimum Gasteiger partial charge on any atom is -0.326 e. The highest BCUT2D eigenvalue weighted by molar-refractivity contribution is 6.53. The first kappa shape index (κ1) is 35.1. The van der Waals surface area contributed by atoms with Gasteiger partial charge >= 0.3 is 18.8 Å². The second-order valence-electron chi connectivity index (χ2n) is 9.68. The van der Waals surface area contributed by atoms with E-state index in [4.69, 9.17) is 34.8 Å². The first-order valence-corrected chi connectivity index (χ1v) is 13.4. The van der Waals surface area contributed by atoms with Gasteiger partial charge in [-0.05, 0) is 54.1 Å². The van der Waals surface area contributed by atoms with E-state index < -0.39 is 97.9 Å². The lowest BCUT2D eigenvalue weighted by Gasteiger charge is -2.14. The Labute approximate surface area is 266 Å². The van der Waals surface area contributed by atoms with Gasteiger partial charge in [0.25, 0.3) is 11.8 Å². The monoisotopic (exact) mass is 723 g/mol. The maximum absolute atomic E-state index is 14.8. The van der Waals surface area contributed by atoms with E-state index in [1.165, 1.54) is 5.32 Å². The van der Waals surface area contributed by atoms with Gasteiger partial charge in [-0.3, -0.25) is 14.4 Å². The summed E-state index contributed by atoms with van der Waals surface area (Å²) in [4.78, 5) is 37.1. The predicted molar refractivity (Wildman–Crippen MR) is 146 cm³/mol. The van der Waals surface area contributed by atoms with Gasteiger partial charge in [-0.25, -0.2) is 8.78 Å². The number of halogens is 13. The van der Waals surface area contributed by atoms with Crippen LogP contribution in [0.25, 0.3) is 0 Å². The Morgan fingerprint density at radius 3 is 1.93 bits per heavy atom. The molecule has 0 bridgehead atoms. The fraction of sp³-hybridized carbons (Fsp3) is 0.222. The third-order valence-electron chi connectivity index (χ3n) is 6.57. The Kier molecular flexibility index (Phi) is 9.50. The van der Waals surface area contributed by atoms with Crippen LogP contribution >= 0.6 is 34.8 Å². The summed E-state index contributed by atoms with van der Waals surface area (Å²) in [5, 5.41) is 5.29. The SMILES string of the molecule is O=C(Nc1ccc(F)c(NC(=O)C(F)F)c1F)c1cc(NC(=O)C2C(c3cc(C(F)(F)F)cc(C(F)(F)F)c3)C2(Cl)Cl)ccc1Cl. The van der Waals surface area contributed by atoms with E-state index in [9.17, 15) is 58.3 Å². The minimum absolute atomic E-state index is 0.108. The summed E-state index contributed by atoms with van der Waals surface area (Å²) in [5.41, 5.74) is -6.65. The molecule has 0 radical (unpaired) electrons. The third-order valence-corrected chi connectivity index (χ3v) is 7.84. The smallest absolute Gasteiger partial charge is 0.326 e. The maximum atomic E-state index is 14.8. The molecule has 1 fully saturated rings. The van der Waals surface area contributed by atoms with Crippen molar-refractivity contribution in [2.75, 3.05) is 16.0 Å². The number of hydrogen-bond acceptors (Lipinski definition) is 3. The highest BCUT2D eigenvalue weighted by Gasteiger charge is 2.68. The van der Waals surface area contributed by atoms with Crippen molar-refractivity contribution >= 4 is 69.6 Å². The van der Waals surface area contributed by atoms with Crippen molar-refractivity contribution in [3.05, 3.63) is 87.4 Å². The van der Waals surface area contributed by atoms with Gasteiger partial charge in [-0.15, -0.1) is 23.2 Å². The number of alkyl halides is 10. The molecule has 0 aromatic heterocycles. The molecule has 0 saturated heterocycles. The predicted octanol–water partition coefficient (Wildman–Crippen LogP) is 8.64. The van der Waals surface area contributed by atoms with Crippen molar-refractivity contribution in [3.63, 3.8) is 0 Å². The number of carbonyl (C=O) groups excluding carboxylic acids is 3. The third kappa shape index (κ3) is 7.28. The van der Waals surface area contributed by atoms with Crippen molar-refractivity contribution in [3.8, 4) is 0 Å². The Morgan fingerprint density at radius 2 is 1.39 bits per heavy atom. The van der Waals surface area contributed by atoms with Crippen LogP contribution in [0.15, 0.2) is 48.5 Å². The van der Waals surface area contributed by atoms with Crippen molar-refractivity contribution < 1.29 is 58.3 Å². The molecule has 0 aliphatic heterocycles. The van der Waals surface area contributed by atoms with Gasteiger partial charge < -0.3 is 16.0 Å². The van der Waals surface area contributed by atoms with Crippen LogP contribution in [0, 0.1) is 17.6 Å². The second kappa shape index (κ2) is 12.4. The number of hydrogen-bond donors (Lipinski definition) is 3. The van der Waals surface area contributed by atoms with Crippen LogP contribution < -0.4 is 16.0 Å². The molecule has 1 saturated carbocycles. The molecule has 3 aromatic rings. The number of nitrogens with one attached hydrogen (secondary N) is 3. The molecule has 2 atom stereocenters. The standard InChI is InChI=1S/C27H14Cl3F10N3O3/c28-14-2-1-12(8-13(14)22(44)42-16-4-3-15(31)20(19(16)32)43-24(46)21(33)34)41-23(45)18-17(25(18,29)30)9-5-10(26(35,36)37)7-11(6-9)27(38,39)40/h1-8,17-18,21H,(H,41,45)(H,42,44)(H,43,46). The Hall–Kier alpha value is -3.76. The van der Waals surface area contributed by atoms with Crippen LogP contribution in [0.3, 0.4) is 0 Å². The lowest BCUT2D eigenvalue weighted by molar-refractivity contribution is -0.143. The summed E-state index contributed by atoms with van der Waals surface area (Å²) in [6, 6.07) is 5.06. The molecule has 6 nitrogen and oxygen atoms in total. The van der Waals surface area contributed by atoms with Gasteiger partial charge in [-0.1, -0.05) is 11.6 Å². The Balaban J connectivity index is 1.56. The van der Waals surface area contributed by atoms with Gasteiger partial charge in [0, 0.05) is 11.6 Å². The van der Waals surface area contributed by atoms with Crippen molar-refractivity contribution in [1.29, 1.82) is 0 Å². The molecule has 3 amide bonds. The molecule has 246 valence electrons. The van der Waals surface area contributed by atoms with Crippen LogP contribution in [0.5, 0.6) is 0 Å². The van der Waals surface area contributed by atoms with E-state index in [0.717, 1.165) is 18.2 Å². The quantitative estimate of drug-likeness (QED) is 0.169. The molecule has 2 unspecified atom stereocenters. The number of benzene rings is 3. The lowest BCUT2D eigenvalue weighted by atomic mass is 10.0. The van der Waals surface area contributed by atoms with Gasteiger partial charge in [0.1, 0.15) is 15.8 Å². The summed E-state index contributed by atoms with van der Waals surface area (Å²) in [7, 11) is 0. The zero-order valence-corrected chi connectivity index (χ0v) is 24.3. The van der Waals surface area contributed by atoms with Crippen LogP contribution in [0.2, 0.25) is 5.02 Å². The largest absolute Gasteiger partial charge is 0.416 e. The molecule has 0 spiro atoms. The second-order valence-corrected chi connectivity index (χ2v) is 11.5. The molecule has 1 aliphatic rings. The minimum atomic E-state index is -5.18. The molecule has 4 rings (SSSR count). The van der Waals surface area contributed by atoms with E-state index >= 15 is 0 Å². The van der Waals surface area contributed by atoms with Crippen molar-refractivity contribution in [2.45, 2.75) is 29.0 Å². The molecule has 0 heterocycles. The zero-order chi connectivity index (χ0) is 34.5. The Bertz CT molecular complexity index is 1700. The number of amides is 3. The van der Waals surface area contributed by atoms with E-state index in [-0.39, 0.29) is 16.8 Å². The number of carbonyl (C=O) groups is 3. The normalized spacial score (nSPS) is 17.4. The van der Waals surface area contributed by atoms with Gasteiger partial charge in [0.2, 0.25) is 5.91 Å². The molecule has 3 aromatic carbocycles. The molecule has 1 aliphatic carbocycles. The lowest BCUT2D eigenvalue weighted by Crippen LogP contribution is -2.22. The van der Waals surface area contributed by atoms with Gasteiger partial charge in [0.05, 0.1) is 33.3 Å². The molecular formula is C27H14Cl3F10N3O3. The van der Waals surface area contributed by atoms with Crippen LogP contribution in [-0.4, -0.2) is 28.5 Å². The molecule has 19 heteroatoms. The van der Waals surface area contributed by atoms with Gasteiger partial charge in [-0.2, -0.15) is 35.1 Å². The average molecular weight is 725 g/mol. The van der Waals surface area contributed by atoms with Crippen LogP contribution in [-0.2, 0) is 21.9 Å². The Morgan fingerprint density at radius 1 is 0.804 bits per heavy atom. The topological polar surface area (TPSA) is 87.3 Å². The highest BCUT2D eigenvalue weighted by Crippen LogP contribution is 2.65. The van der Waals surface area contributed by atoms with E-state index in [1.807, 2.05) is 5.32 Å². The van der Waals surface area contributed by atoms with Crippen LogP contribution in [0.1, 0.15) is 33.0 Å². The number of anilines is 3. The van der Waals surface area contributed by atoms with Crippen LogP contribution in [0.4, 0.5) is 61.0 Å². The fourth-order valence-corrected chi connectivity index (χ4v) is 5.39. The zero-order valence-electron chi connectivity index (χ0n) is 22.0. The maximum Gasteiger partial charge on any atom is 0.416 e. The summed E-state index contributed by atoms with van der Waals surface area (Å²) in [6.07, 6.45) is -14.0. The van der Waals surface area contributed by atoms with E-state index in [0.29, 0.717) is 24.3 Å². The molecule has 3 N–H and O–H groups in total.